The van der Waals surface area contributed by atoms with E-state index in [1.165, 1.54) is 4.68 Å². The van der Waals surface area contributed by atoms with Crippen LogP contribution in [0.5, 0.6) is 0 Å². The second kappa shape index (κ2) is 6.05. The molecule has 2 amide bonds. The van der Waals surface area contributed by atoms with Crippen LogP contribution < -0.4 is 5.32 Å². The molecule has 1 fully saturated rings. The summed E-state index contributed by atoms with van der Waals surface area (Å²) >= 11 is 0. The van der Waals surface area contributed by atoms with Gasteiger partial charge in [0.15, 0.2) is 0 Å². The number of hydrogen-bond acceptors (Lipinski definition) is 5. The number of amides is 2. The van der Waals surface area contributed by atoms with Gasteiger partial charge < -0.3 is 9.73 Å². The van der Waals surface area contributed by atoms with E-state index in [2.05, 4.69) is 20.4 Å². The molecule has 1 N–H and O–H groups in total. The minimum absolute atomic E-state index is 0.186. The molecule has 4 rings (SSSR count). The number of aliphatic imine (C=N–C) groups is 2. The number of aromatic nitrogens is 2. The molecule has 1 aliphatic carbocycles. The molecule has 2 aromatic heterocycles. The molecule has 2 aliphatic rings. The van der Waals surface area contributed by atoms with E-state index in [1.807, 2.05) is 0 Å². The maximum absolute atomic E-state index is 12.6. The molecular weight excluding hydrogens is 334 g/mol. The quantitative estimate of drug-likeness (QED) is 0.896. The van der Waals surface area contributed by atoms with Crippen LogP contribution in [0.1, 0.15) is 46.8 Å². The van der Waals surface area contributed by atoms with Gasteiger partial charge in [0.25, 0.3) is 17.8 Å². The van der Waals surface area contributed by atoms with Gasteiger partial charge in [-0.25, -0.2) is 4.99 Å². The predicted octanol–water partition coefficient (Wildman–Crippen LogP) is 2.64. The summed E-state index contributed by atoms with van der Waals surface area (Å²) in [6, 6.07) is 3.40. The Morgan fingerprint density at radius 1 is 1.27 bits per heavy atom. The summed E-state index contributed by atoms with van der Waals surface area (Å²) in [4.78, 5) is 33.5. The molecule has 0 radical (unpaired) electrons. The second-order valence-electron chi connectivity index (χ2n) is 6.66. The van der Waals surface area contributed by atoms with Crippen LogP contribution in [0.3, 0.4) is 0 Å². The number of nitrogens with zero attached hydrogens (tertiary/aromatic N) is 4. The average molecular weight is 353 g/mol. The van der Waals surface area contributed by atoms with Crippen molar-refractivity contribution in [2.75, 3.05) is 5.32 Å². The highest BCUT2D eigenvalue weighted by atomic mass is 16.3. The van der Waals surface area contributed by atoms with Crippen LogP contribution >= 0.6 is 0 Å². The van der Waals surface area contributed by atoms with Crippen molar-refractivity contribution in [3.05, 3.63) is 34.9 Å². The Kier molecular flexibility index (Phi) is 3.82. The zero-order valence-corrected chi connectivity index (χ0v) is 14.9. The van der Waals surface area contributed by atoms with Gasteiger partial charge in [0.2, 0.25) is 0 Å². The summed E-state index contributed by atoms with van der Waals surface area (Å²) < 4.78 is 6.82. The normalized spacial score (nSPS) is 19.2. The highest BCUT2D eigenvalue weighted by Crippen LogP contribution is 2.27. The van der Waals surface area contributed by atoms with E-state index >= 15 is 0 Å². The van der Waals surface area contributed by atoms with Crippen molar-refractivity contribution in [1.29, 1.82) is 0 Å². The molecule has 1 atom stereocenters. The van der Waals surface area contributed by atoms with Crippen LogP contribution in [0.15, 0.2) is 26.5 Å². The fourth-order valence-corrected chi connectivity index (χ4v) is 3.43. The average Bonchev–Trinajstić information content (AvgIpc) is 3.26. The van der Waals surface area contributed by atoms with Crippen molar-refractivity contribution in [1.82, 2.24) is 9.78 Å². The van der Waals surface area contributed by atoms with Crippen molar-refractivity contribution in [3.63, 3.8) is 0 Å². The summed E-state index contributed by atoms with van der Waals surface area (Å²) in [5.74, 6) is 1.14. The standard InChI is InChI=1S/C18H19N5O3/c1-9-7-15(20-17(25)13-8-10(2)26-11(13)3)23(22-9)18-19-14-6-4-5-12(14)16(24)21-18/h7-8,12H,4-6H2,1-3H3,(H,20,25). The summed E-state index contributed by atoms with van der Waals surface area (Å²) in [6.07, 6.45) is 2.54. The van der Waals surface area contributed by atoms with E-state index in [4.69, 9.17) is 4.42 Å². The molecule has 0 bridgehead atoms. The molecule has 3 heterocycles. The van der Waals surface area contributed by atoms with Crippen molar-refractivity contribution in [2.24, 2.45) is 15.9 Å². The molecule has 0 saturated heterocycles. The van der Waals surface area contributed by atoms with Gasteiger partial charge in [0.05, 0.1) is 17.2 Å². The first-order valence-electron chi connectivity index (χ1n) is 8.58. The first-order valence-corrected chi connectivity index (χ1v) is 8.58. The van der Waals surface area contributed by atoms with Crippen molar-refractivity contribution in [3.8, 4) is 0 Å². The van der Waals surface area contributed by atoms with Crippen molar-refractivity contribution >= 4 is 29.3 Å². The molecule has 1 aliphatic heterocycles. The highest BCUT2D eigenvalue weighted by Gasteiger charge is 2.33. The molecule has 8 nitrogen and oxygen atoms in total. The molecule has 0 aromatic carbocycles. The van der Waals surface area contributed by atoms with Crippen LogP contribution in [-0.4, -0.2) is 33.3 Å². The summed E-state index contributed by atoms with van der Waals surface area (Å²) in [5.41, 5.74) is 1.99. The fourth-order valence-electron chi connectivity index (χ4n) is 3.43. The zero-order valence-electron chi connectivity index (χ0n) is 14.9. The smallest absolute Gasteiger partial charge is 0.260 e. The van der Waals surface area contributed by atoms with Crippen molar-refractivity contribution in [2.45, 2.75) is 40.0 Å². The molecule has 2 aromatic rings. The van der Waals surface area contributed by atoms with Gasteiger partial charge >= 0.3 is 0 Å². The topological polar surface area (TPSA) is 102 Å². The number of hydrogen-bond donors (Lipinski definition) is 1. The predicted molar refractivity (Wildman–Crippen MR) is 95.7 cm³/mol. The molecule has 0 spiro atoms. The van der Waals surface area contributed by atoms with Gasteiger partial charge in [-0.3, -0.25) is 9.59 Å². The van der Waals surface area contributed by atoms with Crippen LogP contribution in [0.25, 0.3) is 0 Å². The lowest BCUT2D eigenvalue weighted by molar-refractivity contribution is -0.119. The maximum Gasteiger partial charge on any atom is 0.260 e. The zero-order chi connectivity index (χ0) is 18.4. The maximum atomic E-state index is 12.6. The molecule has 134 valence electrons. The van der Waals surface area contributed by atoms with Gasteiger partial charge in [-0.05, 0) is 46.1 Å². The number of anilines is 1. The number of carbonyl (C=O) groups excluding carboxylic acids is 2. The minimum atomic E-state index is -0.311. The van der Waals surface area contributed by atoms with Crippen LogP contribution in [0.2, 0.25) is 0 Å². The van der Waals surface area contributed by atoms with E-state index in [9.17, 15) is 9.59 Å². The van der Waals surface area contributed by atoms with Crippen LogP contribution in [0.4, 0.5) is 5.82 Å². The summed E-state index contributed by atoms with van der Waals surface area (Å²) in [6.45, 7) is 5.32. The Bertz CT molecular complexity index is 979. The third-order valence-corrected chi connectivity index (χ3v) is 4.63. The lowest BCUT2D eigenvalue weighted by Gasteiger charge is -2.15. The van der Waals surface area contributed by atoms with Gasteiger partial charge in [-0.1, -0.05) is 0 Å². The van der Waals surface area contributed by atoms with E-state index < -0.39 is 0 Å². The number of fused-ring (bicyclic) bond motifs is 1. The van der Waals surface area contributed by atoms with E-state index in [1.54, 1.807) is 32.9 Å². The lowest BCUT2D eigenvalue weighted by Crippen LogP contribution is -2.29. The van der Waals surface area contributed by atoms with Gasteiger partial charge in [0, 0.05) is 11.8 Å². The Labute approximate surface area is 150 Å². The van der Waals surface area contributed by atoms with E-state index in [-0.39, 0.29) is 23.7 Å². The molecule has 1 saturated carbocycles. The SMILES string of the molecule is Cc1cc(NC(=O)c2cc(C)oc2C)n(C2=NC(=O)C3CCCC3=N2)n1. The second-order valence-corrected chi connectivity index (χ2v) is 6.66. The number of aryl methyl sites for hydroxylation is 3. The van der Waals surface area contributed by atoms with Gasteiger partial charge in [-0.15, -0.1) is 0 Å². The van der Waals surface area contributed by atoms with Crippen LogP contribution in [-0.2, 0) is 4.79 Å². The van der Waals surface area contributed by atoms with Crippen LogP contribution in [0, 0.1) is 26.7 Å². The third kappa shape index (κ3) is 2.77. The van der Waals surface area contributed by atoms with E-state index in [0.717, 1.165) is 25.0 Å². The minimum Gasteiger partial charge on any atom is -0.466 e. The molecule has 1 unspecified atom stereocenters. The number of rotatable bonds is 2. The Morgan fingerprint density at radius 2 is 2.08 bits per heavy atom. The first kappa shape index (κ1) is 16.4. The highest BCUT2D eigenvalue weighted by molar-refractivity contribution is 6.17. The Balaban J connectivity index is 1.66. The first-order chi connectivity index (χ1) is 12.4. The molecule has 8 heteroatoms. The number of nitrogens with one attached hydrogen (secondary N) is 1. The van der Waals surface area contributed by atoms with Gasteiger partial charge in [-0.2, -0.15) is 14.8 Å². The molecule has 26 heavy (non-hydrogen) atoms. The fraction of sp³-hybridized carbons (Fsp3) is 0.389. The number of furan rings is 1. The molecular formula is C18H19N5O3. The summed E-state index contributed by atoms with van der Waals surface area (Å²) in [5, 5.41) is 7.16. The van der Waals surface area contributed by atoms with Gasteiger partial charge in [0.1, 0.15) is 17.3 Å². The monoisotopic (exact) mass is 353 g/mol. The Hall–Kier alpha value is -3.03. The van der Waals surface area contributed by atoms with E-state index in [0.29, 0.717) is 28.6 Å². The Morgan fingerprint density at radius 3 is 2.81 bits per heavy atom. The largest absolute Gasteiger partial charge is 0.466 e. The summed E-state index contributed by atoms with van der Waals surface area (Å²) in [7, 11) is 0. The number of carbonyl (C=O) groups is 2. The third-order valence-electron chi connectivity index (χ3n) is 4.63. The lowest BCUT2D eigenvalue weighted by atomic mass is 10.1. The van der Waals surface area contributed by atoms with Crippen molar-refractivity contribution < 1.29 is 14.0 Å².